The maximum atomic E-state index is 12.2. The molecule has 2 rings (SSSR count). The Kier molecular flexibility index (Phi) is 5.46. The second-order valence-corrected chi connectivity index (χ2v) is 5.89. The molecule has 0 fully saturated rings. The van der Waals surface area contributed by atoms with Crippen molar-refractivity contribution >= 4 is 34.9 Å². The Bertz CT molecular complexity index is 790. The largest absolute Gasteiger partial charge is 0.449 e. The maximum absolute atomic E-state index is 12.2. The highest BCUT2D eigenvalue weighted by atomic mass is 35.5. The third kappa shape index (κ3) is 3.86. The van der Waals surface area contributed by atoms with Gasteiger partial charge in [-0.25, -0.2) is 4.79 Å². The zero-order chi connectivity index (χ0) is 17.9. The van der Waals surface area contributed by atoms with Gasteiger partial charge in [0, 0.05) is 16.4 Å². The van der Waals surface area contributed by atoms with Gasteiger partial charge in [-0.1, -0.05) is 29.8 Å². The van der Waals surface area contributed by atoms with Crippen molar-refractivity contribution in [2.75, 3.05) is 11.1 Å². The molecule has 3 N–H and O–H groups in total. The van der Waals surface area contributed by atoms with E-state index in [0.717, 1.165) is 11.1 Å². The van der Waals surface area contributed by atoms with Gasteiger partial charge < -0.3 is 15.8 Å². The highest BCUT2D eigenvalue weighted by Gasteiger charge is 2.21. The van der Waals surface area contributed by atoms with Crippen molar-refractivity contribution in [1.82, 2.24) is 0 Å². The van der Waals surface area contributed by atoms with E-state index in [4.69, 9.17) is 22.1 Å². The number of halogens is 1. The average molecular weight is 347 g/mol. The lowest BCUT2D eigenvalue weighted by atomic mass is 10.1. The third-order valence-electron chi connectivity index (χ3n) is 3.72. The van der Waals surface area contributed by atoms with Crippen LogP contribution in [0.25, 0.3) is 0 Å². The molecule has 24 heavy (non-hydrogen) atoms. The van der Waals surface area contributed by atoms with E-state index in [0.29, 0.717) is 16.4 Å². The number of aryl methyl sites for hydroxylation is 1. The van der Waals surface area contributed by atoms with Crippen LogP contribution < -0.4 is 11.1 Å². The van der Waals surface area contributed by atoms with E-state index >= 15 is 0 Å². The molecule has 0 aliphatic carbocycles. The quantitative estimate of drug-likeness (QED) is 0.653. The SMILES string of the molecule is Cc1cccc(C(=O)O[C@H](C)C(=O)Nc2cccc(Cl)c2C)c1N. The van der Waals surface area contributed by atoms with Crippen molar-refractivity contribution in [3.63, 3.8) is 0 Å². The molecule has 0 aliphatic heterocycles. The monoisotopic (exact) mass is 346 g/mol. The second kappa shape index (κ2) is 7.36. The number of hydrogen-bond acceptors (Lipinski definition) is 4. The summed E-state index contributed by atoms with van der Waals surface area (Å²) in [5.74, 6) is -1.08. The number of nitrogens with one attached hydrogen (secondary N) is 1. The van der Waals surface area contributed by atoms with Gasteiger partial charge in [-0.2, -0.15) is 0 Å². The van der Waals surface area contributed by atoms with Crippen LogP contribution in [0.3, 0.4) is 0 Å². The average Bonchev–Trinajstić information content (AvgIpc) is 2.54. The Morgan fingerprint density at radius 3 is 2.54 bits per heavy atom. The van der Waals surface area contributed by atoms with Crippen LogP contribution >= 0.6 is 11.6 Å². The van der Waals surface area contributed by atoms with E-state index in [9.17, 15) is 9.59 Å². The zero-order valence-electron chi connectivity index (χ0n) is 13.7. The summed E-state index contributed by atoms with van der Waals surface area (Å²) >= 11 is 6.02. The fraction of sp³-hybridized carbons (Fsp3) is 0.222. The number of esters is 1. The highest BCUT2D eigenvalue weighted by molar-refractivity contribution is 6.31. The predicted octanol–water partition coefficient (Wildman–Crippen LogP) is 3.72. The molecule has 0 saturated heterocycles. The fourth-order valence-corrected chi connectivity index (χ4v) is 2.29. The number of rotatable bonds is 4. The third-order valence-corrected chi connectivity index (χ3v) is 4.13. The van der Waals surface area contributed by atoms with Crippen LogP contribution in [0.15, 0.2) is 36.4 Å². The summed E-state index contributed by atoms with van der Waals surface area (Å²) in [5.41, 5.74) is 8.56. The van der Waals surface area contributed by atoms with E-state index < -0.39 is 18.0 Å². The van der Waals surface area contributed by atoms with Gasteiger partial charge in [-0.15, -0.1) is 0 Å². The molecule has 0 aliphatic rings. The number of para-hydroxylation sites is 1. The Hall–Kier alpha value is -2.53. The predicted molar refractivity (Wildman–Crippen MR) is 95.3 cm³/mol. The molecular formula is C18H19ClN2O3. The van der Waals surface area contributed by atoms with Gasteiger partial charge in [0.1, 0.15) is 0 Å². The van der Waals surface area contributed by atoms with Crippen LogP contribution in [0.5, 0.6) is 0 Å². The first-order valence-corrected chi connectivity index (χ1v) is 7.81. The van der Waals surface area contributed by atoms with Crippen molar-refractivity contribution in [3.8, 4) is 0 Å². The van der Waals surface area contributed by atoms with E-state index in [-0.39, 0.29) is 5.56 Å². The summed E-state index contributed by atoms with van der Waals surface area (Å²) < 4.78 is 5.21. The van der Waals surface area contributed by atoms with Gasteiger partial charge in [0.25, 0.3) is 5.91 Å². The summed E-state index contributed by atoms with van der Waals surface area (Å²) in [5, 5.41) is 3.25. The lowest BCUT2D eigenvalue weighted by molar-refractivity contribution is -0.123. The van der Waals surface area contributed by atoms with Crippen molar-refractivity contribution in [3.05, 3.63) is 58.1 Å². The van der Waals surface area contributed by atoms with Crippen molar-refractivity contribution in [1.29, 1.82) is 0 Å². The van der Waals surface area contributed by atoms with Crippen LogP contribution in [0.4, 0.5) is 11.4 Å². The minimum Gasteiger partial charge on any atom is -0.449 e. The number of anilines is 2. The van der Waals surface area contributed by atoms with E-state index in [2.05, 4.69) is 5.32 Å². The molecule has 0 saturated carbocycles. The fourth-order valence-electron chi connectivity index (χ4n) is 2.11. The summed E-state index contributed by atoms with van der Waals surface area (Å²) in [6.07, 6.45) is -0.976. The Balaban J connectivity index is 2.07. The highest BCUT2D eigenvalue weighted by Crippen LogP contribution is 2.23. The number of carbonyl (C=O) groups is 2. The topological polar surface area (TPSA) is 81.4 Å². The van der Waals surface area contributed by atoms with Crippen LogP contribution in [-0.4, -0.2) is 18.0 Å². The first kappa shape index (κ1) is 17.8. The standard InChI is InChI=1S/C18H19ClN2O3/c1-10-6-4-7-13(16(10)20)18(23)24-12(3)17(22)21-15-9-5-8-14(19)11(15)2/h4-9,12H,20H2,1-3H3,(H,21,22)/t12-/m1/s1. The zero-order valence-corrected chi connectivity index (χ0v) is 14.5. The van der Waals surface area contributed by atoms with Gasteiger partial charge in [0.15, 0.2) is 6.10 Å². The minimum atomic E-state index is -0.976. The van der Waals surface area contributed by atoms with E-state index in [1.165, 1.54) is 6.92 Å². The molecular weight excluding hydrogens is 328 g/mol. The van der Waals surface area contributed by atoms with Gasteiger partial charge in [-0.3, -0.25) is 4.79 Å². The van der Waals surface area contributed by atoms with Crippen LogP contribution in [0.2, 0.25) is 5.02 Å². The normalized spacial score (nSPS) is 11.7. The summed E-state index contributed by atoms with van der Waals surface area (Å²) in [6, 6.07) is 10.3. The number of carbonyl (C=O) groups excluding carboxylic acids is 2. The number of benzene rings is 2. The molecule has 0 unspecified atom stereocenters. The van der Waals surface area contributed by atoms with Crippen LogP contribution in [0.1, 0.15) is 28.4 Å². The number of hydrogen-bond donors (Lipinski definition) is 2. The first-order valence-electron chi connectivity index (χ1n) is 7.43. The van der Waals surface area contributed by atoms with Crippen LogP contribution in [-0.2, 0) is 9.53 Å². The molecule has 1 amide bonds. The molecule has 0 radical (unpaired) electrons. The molecule has 6 heteroatoms. The summed E-state index contributed by atoms with van der Waals surface area (Å²) in [6.45, 7) is 5.09. The molecule has 2 aromatic carbocycles. The minimum absolute atomic E-state index is 0.244. The summed E-state index contributed by atoms with van der Waals surface area (Å²) in [4.78, 5) is 24.4. The number of amides is 1. The van der Waals surface area contributed by atoms with Gasteiger partial charge in [0.2, 0.25) is 0 Å². The molecule has 5 nitrogen and oxygen atoms in total. The number of nitrogens with two attached hydrogens (primary N) is 1. The number of ether oxygens (including phenoxy) is 1. The van der Waals surface area contributed by atoms with Crippen molar-refractivity contribution in [2.45, 2.75) is 26.9 Å². The van der Waals surface area contributed by atoms with E-state index in [1.54, 1.807) is 50.2 Å². The van der Waals surface area contributed by atoms with Crippen LogP contribution in [0, 0.1) is 13.8 Å². The molecule has 0 aromatic heterocycles. The smallest absolute Gasteiger partial charge is 0.341 e. The first-order chi connectivity index (χ1) is 11.3. The van der Waals surface area contributed by atoms with Crippen molar-refractivity contribution < 1.29 is 14.3 Å². The maximum Gasteiger partial charge on any atom is 0.341 e. The molecule has 1 atom stereocenters. The lowest BCUT2D eigenvalue weighted by Crippen LogP contribution is -2.30. The Morgan fingerprint density at radius 1 is 1.17 bits per heavy atom. The van der Waals surface area contributed by atoms with Gasteiger partial charge >= 0.3 is 5.97 Å². The molecule has 0 spiro atoms. The molecule has 126 valence electrons. The Morgan fingerprint density at radius 2 is 1.83 bits per heavy atom. The lowest BCUT2D eigenvalue weighted by Gasteiger charge is -2.16. The van der Waals surface area contributed by atoms with Gasteiger partial charge in [0.05, 0.1) is 5.56 Å². The second-order valence-electron chi connectivity index (χ2n) is 5.49. The molecule has 2 aromatic rings. The van der Waals surface area contributed by atoms with Crippen molar-refractivity contribution in [2.24, 2.45) is 0 Å². The van der Waals surface area contributed by atoms with Gasteiger partial charge in [-0.05, 0) is 50.1 Å². The molecule has 0 heterocycles. The summed E-state index contributed by atoms with van der Waals surface area (Å²) in [7, 11) is 0. The Labute approximate surface area is 145 Å². The van der Waals surface area contributed by atoms with E-state index in [1.807, 2.05) is 0 Å². The molecule has 0 bridgehead atoms. The number of nitrogen functional groups attached to an aromatic ring is 1.